The minimum absolute atomic E-state index is 0.170. The number of anilines is 2. The molecule has 74 valence electrons. The van der Waals surface area contributed by atoms with E-state index in [2.05, 4.69) is 22.9 Å². The van der Waals surface area contributed by atoms with Crippen LogP contribution in [0.25, 0.3) is 0 Å². The Balaban J connectivity index is 2.68. The van der Waals surface area contributed by atoms with Gasteiger partial charge in [-0.3, -0.25) is 5.32 Å². The summed E-state index contributed by atoms with van der Waals surface area (Å²) in [6.45, 7) is 0. The van der Waals surface area contributed by atoms with Crippen LogP contribution in [0.4, 0.5) is 16.2 Å². The van der Waals surface area contributed by atoms with Gasteiger partial charge in [-0.25, -0.2) is 4.79 Å². The molecule has 0 fully saturated rings. The lowest BCUT2D eigenvalue weighted by Gasteiger charge is -2.04. The lowest BCUT2D eigenvalue weighted by atomic mass is 10.3. The summed E-state index contributed by atoms with van der Waals surface area (Å²) in [5.41, 5.74) is 6.46. The first-order chi connectivity index (χ1) is 6.58. The molecule has 0 aromatic heterocycles. The number of nitrogens with two attached hydrogens (primary N) is 1. The maximum absolute atomic E-state index is 10.3. The lowest BCUT2D eigenvalue weighted by Crippen LogP contribution is -2.18. The van der Waals surface area contributed by atoms with E-state index in [4.69, 9.17) is 10.8 Å². The zero-order valence-electron chi connectivity index (χ0n) is 7.15. The molecule has 6 heteroatoms. The summed E-state index contributed by atoms with van der Waals surface area (Å²) < 4.78 is 0. The van der Waals surface area contributed by atoms with Gasteiger partial charge in [0.15, 0.2) is 5.11 Å². The zero-order valence-corrected chi connectivity index (χ0v) is 7.97. The fraction of sp³-hybridized carbons (Fsp3) is 0. The summed E-state index contributed by atoms with van der Waals surface area (Å²) in [6, 6.07) is 6.55. The van der Waals surface area contributed by atoms with E-state index in [0.29, 0.717) is 11.4 Å². The summed E-state index contributed by atoms with van der Waals surface area (Å²) in [4.78, 5) is 10.3. The highest BCUT2D eigenvalue weighted by Gasteiger charge is 1.97. The van der Waals surface area contributed by atoms with Gasteiger partial charge in [0.05, 0.1) is 0 Å². The first-order valence-electron chi connectivity index (χ1n) is 3.74. The minimum atomic E-state index is -1.10. The Labute approximate surface area is 85.9 Å². The van der Waals surface area contributed by atoms with Crippen molar-refractivity contribution in [1.82, 2.24) is 0 Å². The molecule has 0 saturated heterocycles. The Morgan fingerprint density at radius 1 is 1.21 bits per heavy atom. The molecule has 5 N–H and O–H groups in total. The van der Waals surface area contributed by atoms with E-state index in [1.54, 1.807) is 24.3 Å². The second-order valence-electron chi connectivity index (χ2n) is 2.50. The molecule has 0 unspecified atom stereocenters. The van der Waals surface area contributed by atoms with Crippen LogP contribution in [0.2, 0.25) is 0 Å². The molecule has 0 saturated carbocycles. The van der Waals surface area contributed by atoms with E-state index in [-0.39, 0.29) is 5.11 Å². The van der Waals surface area contributed by atoms with E-state index < -0.39 is 6.09 Å². The van der Waals surface area contributed by atoms with Crippen molar-refractivity contribution in [2.75, 3.05) is 10.6 Å². The second-order valence-corrected chi connectivity index (χ2v) is 2.94. The summed E-state index contributed by atoms with van der Waals surface area (Å²) in [5.74, 6) is 0. The molecule has 5 nitrogen and oxygen atoms in total. The van der Waals surface area contributed by atoms with Crippen molar-refractivity contribution in [2.24, 2.45) is 5.73 Å². The van der Waals surface area contributed by atoms with E-state index in [1.165, 1.54) is 0 Å². The lowest BCUT2D eigenvalue weighted by molar-refractivity contribution is 0.210. The van der Waals surface area contributed by atoms with Gasteiger partial charge in [-0.2, -0.15) is 0 Å². The van der Waals surface area contributed by atoms with Crippen molar-refractivity contribution < 1.29 is 9.90 Å². The molecule has 1 aromatic carbocycles. The number of nitrogens with one attached hydrogen (secondary N) is 2. The summed E-state index contributed by atoms with van der Waals surface area (Å²) in [5, 5.41) is 13.5. The SMILES string of the molecule is NC(=S)Nc1ccc(NC(=O)O)cc1. The van der Waals surface area contributed by atoms with E-state index >= 15 is 0 Å². The highest BCUT2D eigenvalue weighted by molar-refractivity contribution is 7.80. The van der Waals surface area contributed by atoms with Crippen LogP contribution in [0.5, 0.6) is 0 Å². The van der Waals surface area contributed by atoms with Gasteiger partial charge in [-0.15, -0.1) is 0 Å². The van der Waals surface area contributed by atoms with Crippen molar-refractivity contribution in [3.8, 4) is 0 Å². The molecule has 0 radical (unpaired) electrons. The second kappa shape index (κ2) is 4.43. The Morgan fingerprint density at radius 2 is 1.64 bits per heavy atom. The van der Waals surface area contributed by atoms with Crippen molar-refractivity contribution in [1.29, 1.82) is 0 Å². The van der Waals surface area contributed by atoms with Crippen LogP contribution in [0.1, 0.15) is 0 Å². The molecule has 0 aliphatic carbocycles. The van der Waals surface area contributed by atoms with Crippen LogP contribution in [-0.2, 0) is 0 Å². The monoisotopic (exact) mass is 211 g/mol. The third-order valence-corrected chi connectivity index (χ3v) is 1.51. The Hall–Kier alpha value is -1.82. The quantitative estimate of drug-likeness (QED) is 0.556. The molecular formula is C8H9N3O2S. The Morgan fingerprint density at radius 3 is 2.00 bits per heavy atom. The number of thiocarbonyl (C=S) groups is 1. The standard InChI is InChI=1S/C8H9N3O2S/c9-7(14)10-5-1-3-6(4-2-5)11-8(12)13/h1-4,11H,(H,12,13)(H3,9,10,14). The number of hydrogen-bond donors (Lipinski definition) is 4. The molecule has 0 heterocycles. The molecule has 1 amide bonds. The fourth-order valence-electron chi connectivity index (χ4n) is 0.903. The normalized spacial score (nSPS) is 9.14. The van der Waals surface area contributed by atoms with Gasteiger partial charge in [0.2, 0.25) is 0 Å². The van der Waals surface area contributed by atoms with Crippen molar-refractivity contribution >= 4 is 34.8 Å². The van der Waals surface area contributed by atoms with E-state index in [1.807, 2.05) is 0 Å². The number of rotatable bonds is 2. The molecule has 1 rings (SSSR count). The van der Waals surface area contributed by atoms with Crippen molar-refractivity contribution in [3.05, 3.63) is 24.3 Å². The van der Waals surface area contributed by atoms with Crippen LogP contribution in [0, 0.1) is 0 Å². The maximum atomic E-state index is 10.3. The molecular weight excluding hydrogens is 202 g/mol. The molecule has 14 heavy (non-hydrogen) atoms. The maximum Gasteiger partial charge on any atom is 0.409 e. The predicted molar refractivity (Wildman–Crippen MR) is 58.5 cm³/mol. The highest BCUT2D eigenvalue weighted by atomic mass is 32.1. The van der Waals surface area contributed by atoms with Crippen LogP contribution < -0.4 is 16.4 Å². The van der Waals surface area contributed by atoms with Gasteiger partial charge in [-0.05, 0) is 36.5 Å². The van der Waals surface area contributed by atoms with E-state index in [9.17, 15) is 4.79 Å². The Kier molecular flexibility index (Phi) is 3.24. The number of benzene rings is 1. The molecule has 0 spiro atoms. The molecule has 0 aliphatic rings. The number of hydrogen-bond acceptors (Lipinski definition) is 2. The van der Waals surface area contributed by atoms with Gasteiger partial charge in [0.25, 0.3) is 0 Å². The van der Waals surface area contributed by atoms with Gasteiger partial charge in [-0.1, -0.05) is 0 Å². The number of amides is 1. The predicted octanol–water partition coefficient (Wildman–Crippen LogP) is 1.43. The smallest absolute Gasteiger partial charge is 0.409 e. The van der Waals surface area contributed by atoms with Gasteiger partial charge in [0, 0.05) is 11.4 Å². The van der Waals surface area contributed by atoms with Crippen molar-refractivity contribution in [3.63, 3.8) is 0 Å². The molecule has 0 atom stereocenters. The van der Waals surface area contributed by atoms with Crippen LogP contribution in [0.15, 0.2) is 24.3 Å². The minimum Gasteiger partial charge on any atom is -0.465 e. The summed E-state index contributed by atoms with van der Waals surface area (Å²) in [6.07, 6.45) is -1.10. The molecule has 0 bridgehead atoms. The zero-order chi connectivity index (χ0) is 10.6. The third kappa shape index (κ3) is 3.28. The summed E-state index contributed by atoms with van der Waals surface area (Å²) >= 11 is 4.64. The molecule has 1 aromatic rings. The van der Waals surface area contributed by atoms with Crippen LogP contribution in [0.3, 0.4) is 0 Å². The van der Waals surface area contributed by atoms with E-state index in [0.717, 1.165) is 0 Å². The number of carbonyl (C=O) groups is 1. The average Bonchev–Trinajstić information content (AvgIpc) is 2.06. The van der Waals surface area contributed by atoms with Crippen molar-refractivity contribution in [2.45, 2.75) is 0 Å². The largest absolute Gasteiger partial charge is 0.465 e. The van der Waals surface area contributed by atoms with Gasteiger partial charge in [0.1, 0.15) is 0 Å². The topological polar surface area (TPSA) is 87.4 Å². The first kappa shape index (κ1) is 10.3. The Bertz CT molecular complexity index is 315. The highest BCUT2D eigenvalue weighted by Crippen LogP contribution is 2.12. The molecule has 0 aliphatic heterocycles. The van der Waals surface area contributed by atoms with Gasteiger partial charge < -0.3 is 16.2 Å². The van der Waals surface area contributed by atoms with Gasteiger partial charge >= 0.3 is 6.09 Å². The average molecular weight is 211 g/mol. The number of carboxylic acid groups (broad SMARTS) is 1. The third-order valence-electron chi connectivity index (χ3n) is 1.40. The van der Waals surface area contributed by atoms with Crippen LogP contribution >= 0.6 is 12.2 Å². The van der Waals surface area contributed by atoms with Crippen LogP contribution in [-0.4, -0.2) is 16.3 Å². The fourth-order valence-corrected chi connectivity index (χ4v) is 1.02. The first-order valence-corrected chi connectivity index (χ1v) is 4.15. The summed E-state index contributed by atoms with van der Waals surface area (Å²) in [7, 11) is 0.